The summed E-state index contributed by atoms with van der Waals surface area (Å²) in [7, 11) is 0. The minimum Gasteiger partial charge on any atom is -0.481 e. The molecule has 2 aromatic rings. The molecule has 1 saturated carbocycles. The molecule has 0 spiro atoms. The van der Waals surface area contributed by atoms with Crippen LogP contribution < -0.4 is 0 Å². The van der Waals surface area contributed by atoms with Crippen molar-refractivity contribution < 1.29 is 9.90 Å². The van der Waals surface area contributed by atoms with Crippen molar-refractivity contribution in [2.24, 2.45) is 5.92 Å². The quantitative estimate of drug-likeness (QED) is 0.915. The number of hydrogen-bond acceptors (Lipinski definition) is 1. The normalized spacial score (nSPS) is 16.7. The van der Waals surface area contributed by atoms with Crippen molar-refractivity contribution in [1.82, 2.24) is 4.57 Å². The molecule has 3 heteroatoms. The highest BCUT2D eigenvalue weighted by molar-refractivity contribution is 5.91. The van der Waals surface area contributed by atoms with Gasteiger partial charge in [-0.05, 0) is 50.3 Å². The summed E-state index contributed by atoms with van der Waals surface area (Å²) in [6, 6.07) is 8.10. The molecule has 1 aromatic heterocycles. The first-order chi connectivity index (χ1) is 10.00. The Hall–Kier alpha value is -1.77. The predicted octanol–water partition coefficient (Wildman–Crippen LogP) is 4.19. The molecule has 1 aromatic carbocycles. The third-order valence-corrected chi connectivity index (χ3v) is 4.95. The van der Waals surface area contributed by atoms with Crippen molar-refractivity contribution >= 4 is 16.9 Å². The number of carboxylic acid groups (broad SMARTS) is 1. The van der Waals surface area contributed by atoms with Crippen LogP contribution >= 0.6 is 0 Å². The lowest BCUT2D eigenvalue weighted by Gasteiger charge is -2.21. The molecule has 0 unspecified atom stereocenters. The summed E-state index contributed by atoms with van der Waals surface area (Å²) in [6.07, 6.45) is 7.45. The van der Waals surface area contributed by atoms with Crippen LogP contribution in [0.5, 0.6) is 0 Å². The van der Waals surface area contributed by atoms with Gasteiger partial charge >= 0.3 is 5.97 Å². The number of hydrogen-bond donors (Lipinski definition) is 1. The van der Waals surface area contributed by atoms with Crippen molar-refractivity contribution in [2.75, 3.05) is 0 Å². The third kappa shape index (κ3) is 2.45. The summed E-state index contributed by atoms with van der Waals surface area (Å²) in [5.74, 6) is -0.00437. The van der Waals surface area contributed by atoms with Crippen LogP contribution in [0.15, 0.2) is 30.5 Å². The van der Waals surface area contributed by atoms with Gasteiger partial charge in [-0.25, -0.2) is 0 Å². The van der Waals surface area contributed by atoms with Crippen molar-refractivity contribution in [3.63, 3.8) is 0 Å². The maximum absolute atomic E-state index is 11.5. The first kappa shape index (κ1) is 14.2. The Labute approximate surface area is 125 Å². The number of carboxylic acids is 1. The van der Waals surface area contributed by atoms with Gasteiger partial charge in [-0.2, -0.15) is 0 Å². The van der Waals surface area contributed by atoms with E-state index in [1.807, 2.05) is 12.1 Å². The fourth-order valence-electron chi connectivity index (χ4n) is 3.51. The van der Waals surface area contributed by atoms with Crippen LogP contribution in [0.25, 0.3) is 10.9 Å². The molecule has 3 nitrogen and oxygen atoms in total. The van der Waals surface area contributed by atoms with Crippen LogP contribution in [0.1, 0.15) is 45.1 Å². The van der Waals surface area contributed by atoms with Crippen molar-refractivity contribution in [1.29, 1.82) is 0 Å². The van der Waals surface area contributed by atoms with Crippen LogP contribution in [-0.2, 0) is 16.8 Å². The van der Waals surface area contributed by atoms with E-state index in [4.69, 9.17) is 0 Å². The lowest BCUT2D eigenvalue weighted by atomic mass is 9.83. The first-order valence-electron chi connectivity index (χ1n) is 7.82. The molecule has 112 valence electrons. The molecule has 1 aliphatic carbocycles. The largest absolute Gasteiger partial charge is 0.481 e. The molecule has 0 aliphatic heterocycles. The summed E-state index contributed by atoms with van der Waals surface area (Å²) >= 11 is 0. The Morgan fingerprint density at radius 1 is 1.29 bits per heavy atom. The van der Waals surface area contributed by atoms with Crippen molar-refractivity contribution in [3.8, 4) is 0 Å². The van der Waals surface area contributed by atoms with Crippen LogP contribution in [-0.4, -0.2) is 15.6 Å². The van der Waals surface area contributed by atoms with E-state index in [0.717, 1.165) is 28.9 Å². The zero-order chi connectivity index (χ0) is 15.0. The van der Waals surface area contributed by atoms with Gasteiger partial charge in [0.15, 0.2) is 0 Å². The van der Waals surface area contributed by atoms with E-state index in [1.54, 1.807) is 13.8 Å². The number of carbonyl (C=O) groups is 1. The second-order valence-corrected chi connectivity index (χ2v) is 6.79. The van der Waals surface area contributed by atoms with Gasteiger partial charge in [0.05, 0.1) is 5.41 Å². The lowest BCUT2D eigenvalue weighted by Crippen LogP contribution is -2.28. The van der Waals surface area contributed by atoms with Gasteiger partial charge in [-0.1, -0.05) is 25.0 Å². The van der Waals surface area contributed by atoms with Crippen molar-refractivity contribution in [3.05, 3.63) is 36.0 Å². The Balaban J connectivity index is 2.01. The lowest BCUT2D eigenvalue weighted by molar-refractivity contribution is -0.142. The van der Waals surface area contributed by atoms with E-state index in [0.29, 0.717) is 0 Å². The zero-order valence-corrected chi connectivity index (χ0v) is 12.8. The average molecular weight is 285 g/mol. The summed E-state index contributed by atoms with van der Waals surface area (Å²) in [5.41, 5.74) is 1.20. The summed E-state index contributed by atoms with van der Waals surface area (Å²) in [4.78, 5) is 11.5. The molecule has 1 aliphatic rings. The van der Waals surface area contributed by atoms with E-state index in [2.05, 4.69) is 22.9 Å². The molecule has 3 rings (SSSR count). The van der Waals surface area contributed by atoms with Gasteiger partial charge in [-0.3, -0.25) is 4.79 Å². The van der Waals surface area contributed by atoms with Crippen molar-refractivity contribution in [2.45, 2.75) is 51.5 Å². The topological polar surface area (TPSA) is 42.2 Å². The van der Waals surface area contributed by atoms with Gasteiger partial charge in [0.2, 0.25) is 0 Å². The molecule has 21 heavy (non-hydrogen) atoms. The Morgan fingerprint density at radius 3 is 2.67 bits per heavy atom. The number of benzene rings is 1. The fraction of sp³-hybridized carbons (Fsp3) is 0.500. The molecular formula is C18H23NO2. The van der Waals surface area contributed by atoms with E-state index in [-0.39, 0.29) is 0 Å². The second-order valence-electron chi connectivity index (χ2n) is 6.79. The molecule has 0 bridgehead atoms. The highest BCUT2D eigenvalue weighted by Gasteiger charge is 2.31. The molecular weight excluding hydrogens is 262 g/mol. The molecule has 0 radical (unpaired) electrons. The van der Waals surface area contributed by atoms with Gasteiger partial charge in [0.1, 0.15) is 0 Å². The van der Waals surface area contributed by atoms with Gasteiger partial charge in [0, 0.05) is 23.6 Å². The zero-order valence-electron chi connectivity index (χ0n) is 12.8. The number of nitrogens with zero attached hydrogens (tertiary/aromatic N) is 1. The minimum absolute atomic E-state index is 0.775. The van der Waals surface area contributed by atoms with E-state index >= 15 is 0 Å². The first-order valence-corrected chi connectivity index (χ1v) is 7.82. The number of fused-ring (bicyclic) bond motifs is 1. The van der Waals surface area contributed by atoms with Gasteiger partial charge < -0.3 is 9.67 Å². The Kier molecular flexibility index (Phi) is 3.52. The Morgan fingerprint density at radius 2 is 2.00 bits per heavy atom. The summed E-state index contributed by atoms with van der Waals surface area (Å²) in [6.45, 7) is 4.61. The number of aromatic nitrogens is 1. The smallest absolute Gasteiger partial charge is 0.313 e. The monoisotopic (exact) mass is 285 g/mol. The van der Waals surface area contributed by atoms with Gasteiger partial charge in [0.25, 0.3) is 0 Å². The number of rotatable bonds is 4. The van der Waals surface area contributed by atoms with Gasteiger partial charge in [-0.15, -0.1) is 0 Å². The SMILES string of the molecule is CC(C)(C(=O)O)c1cccc2c1ccn2CC1CCCC1. The maximum Gasteiger partial charge on any atom is 0.313 e. The molecule has 1 fully saturated rings. The molecule has 0 saturated heterocycles. The third-order valence-electron chi connectivity index (χ3n) is 4.95. The molecule has 0 amide bonds. The standard InChI is InChI=1S/C18H23NO2/c1-18(2,17(20)21)15-8-5-9-16-14(15)10-11-19(16)12-13-6-3-4-7-13/h5,8-11,13H,3-4,6-7,12H2,1-2H3,(H,20,21). The minimum atomic E-state index is -0.862. The van der Waals surface area contributed by atoms with Crippen LogP contribution in [0.4, 0.5) is 0 Å². The maximum atomic E-state index is 11.5. The predicted molar refractivity (Wildman–Crippen MR) is 84.6 cm³/mol. The highest BCUT2D eigenvalue weighted by Crippen LogP contribution is 2.33. The molecule has 0 atom stereocenters. The summed E-state index contributed by atoms with van der Waals surface area (Å²) in [5, 5.41) is 10.6. The fourth-order valence-corrected chi connectivity index (χ4v) is 3.51. The average Bonchev–Trinajstić information content (AvgIpc) is 3.09. The Bertz CT molecular complexity index is 663. The van der Waals surface area contributed by atoms with Crippen LogP contribution in [0.2, 0.25) is 0 Å². The summed E-state index contributed by atoms with van der Waals surface area (Å²) < 4.78 is 2.30. The second kappa shape index (κ2) is 5.21. The van der Waals surface area contributed by atoms with Crippen LogP contribution in [0.3, 0.4) is 0 Å². The van der Waals surface area contributed by atoms with Crippen LogP contribution in [0, 0.1) is 5.92 Å². The highest BCUT2D eigenvalue weighted by atomic mass is 16.4. The van der Waals surface area contributed by atoms with E-state index in [9.17, 15) is 9.90 Å². The molecule has 1 heterocycles. The molecule has 1 N–H and O–H groups in total. The number of aliphatic carboxylic acids is 1. The van der Waals surface area contributed by atoms with E-state index in [1.165, 1.54) is 25.7 Å². The van der Waals surface area contributed by atoms with E-state index < -0.39 is 11.4 Å².